The molecule has 0 fully saturated rings. The molecule has 0 saturated carbocycles. The van der Waals surface area contributed by atoms with Gasteiger partial charge < -0.3 is 14.8 Å². The summed E-state index contributed by atoms with van der Waals surface area (Å²) in [6.45, 7) is 0.505. The summed E-state index contributed by atoms with van der Waals surface area (Å²) in [6, 6.07) is 4.26. The Kier molecular flexibility index (Phi) is 4.09. The Bertz CT molecular complexity index is 691. The van der Waals surface area contributed by atoms with E-state index >= 15 is 0 Å². The van der Waals surface area contributed by atoms with Gasteiger partial charge >= 0.3 is 0 Å². The van der Waals surface area contributed by atoms with E-state index in [9.17, 15) is 4.39 Å². The molecule has 0 unspecified atom stereocenters. The highest BCUT2D eigenvalue weighted by Crippen LogP contribution is 2.30. The summed E-state index contributed by atoms with van der Waals surface area (Å²) in [5.41, 5.74) is 3.77. The molecule has 0 radical (unpaired) electrons. The molecular weight excluding hydrogens is 285 g/mol. The fourth-order valence-corrected chi connectivity index (χ4v) is 2.73. The lowest BCUT2D eigenvalue weighted by atomic mass is 10.1. The minimum absolute atomic E-state index is 0.0709. The third-order valence-corrected chi connectivity index (χ3v) is 3.84. The first-order valence-electron chi connectivity index (χ1n) is 7.20. The van der Waals surface area contributed by atoms with Crippen LogP contribution in [0.2, 0.25) is 0 Å². The Labute approximate surface area is 128 Å². The van der Waals surface area contributed by atoms with Crippen LogP contribution in [0, 0.1) is 5.82 Å². The van der Waals surface area contributed by atoms with Crippen molar-refractivity contribution in [2.45, 2.75) is 25.8 Å². The first-order valence-corrected chi connectivity index (χ1v) is 7.20. The molecule has 6 heteroatoms. The van der Waals surface area contributed by atoms with Crippen molar-refractivity contribution in [3.8, 4) is 11.6 Å². The number of hydrogen-bond donors (Lipinski definition) is 1. The number of benzene rings is 1. The van der Waals surface area contributed by atoms with Crippen molar-refractivity contribution in [1.82, 2.24) is 9.97 Å². The largest absolute Gasteiger partial charge is 0.496 e. The van der Waals surface area contributed by atoms with Gasteiger partial charge in [-0.1, -0.05) is 6.07 Å². The zero-order valence-corrected chi connectivity index (χ0v) is 12.6. The van der Waals surface area contributed by atoms with E-state index < -0.39 is 5.82 Å². The van der Waals surface area contributed by atoms with E-state index in [0.717, 1.165) is 30.4 Å². The third kappa shape index (κ3) is 2.81. The molecule has 1 aromatic carbocycles. The lowest BCUT2D eigenvalue weighted by molar-refractivity contribution is 0.367. The van der Waals surface area contributed by atoms with Crippen LogP contribution < -0.4 is 14.8 Å². The van der Waals surface area contributed by atoms with Crippen LogP contribution in [0.3, 0.4) is 0 Å². The average molecular weight is 303 g/mol. The number of hydrogen-bond acceptors (Lipinski definition) is 5. The second-order valence-electron chi connectivity index (χ2n) is 5.19. The Morgan fingerprint density at radius 2 is 1.95 bits per heavy atom. The number of anilines is 1. The van der Waals surface area contributed by atoms with Gasteiger partial charge in [0.25, 0.3) is 5.88 Å². The number of aromatic nitrogens is 2. The molecule has 0 atom stereocenters. The van der Waals surface area contributed by atoms with Crippen molar-refractivity contribution in [3.63, 3.8) is 0 Å². The molecule has 0 spiro atoms. The Balaban J connectivity index is 1.79. The fraction of sp³-hybridized carbons (Fsp3) is 0.375. The molecule has 0 amide bonds. The molecular formula is C16H18FN3O2. The summed E-state index contributed by atoms with van der Waals surface area (Å²) in [6.07, 6.45) is 4.49. The number of nitrogens with one attached hydrogen (secondary N) is 1. The van der Waals surface area contributed by atoms with Crippen LogP contribution in [-0.2, 0) is 19.4 Å². The van der Waals surface area contributed by atoms with Gasteiger partial charge in [0.2, 0.25) is 11.8 Å². The lowest BCUT2D eigenvalue weighted by Gasteiger charge is -2.12. The smallest absolute Gasteiger partial charge is 0.255 e. The molecule has 2 aromatic rings. The van der Waals surface area contributed by atoms with E-state index in [0.29, 0.717) is 12.5 Å². The van der Waals surface area contributed by atoms with E-state index in [1.54, 1.807) is 7.11 Å². The van der Waals surface area contributed by atoms with Gasteiger partial charge in [-0.2, -0.15) is 9.37 Å². The second kappa shape index (κ2) is 6.17. The van der Waals surface area contributed by atoms with Crippen LogP contribution in [0.25, 0.3) is 0 Å². The Morgan fingerprint density at radius 3 is 2.68 bits per heavy atom. The van der Waals surface area contributed by atoms with Crippen molar-refractivity contribution >= 4 is 5.95 Å². The molecule has 0 saturated heterocycles. The molecule has 116 valence electrons. The molecule has 3 rings (SSSR count). The summed E-state index contributed by atoms with van der Waals surface area (Å²) < 4.78 is 23.6. The maximum absolute atomic E-state index is 13.3. The number of rotatable bonds is 5. The summed E-state index contributed by atoms with van der Waals surface area (Å²) in [7, 11) is 3.04. The van der Waals surface area contributed by atoms with E-state index in [4.69, 9.17) is 9.47 Å². The van der Waals surface area contributed by atoms with E-state index in [2.05, 4.69) is 27.4 Å². The number of aryl methyl sites for hydroxylation is 2. The number of halogens is 1. The average Bonchev–Trinajstić information content (AvgIpc) is 3.00. The number of methoxy groups -OCH3 is 2. The van der Waals surface area contributed by atoms with E-state index in [-0.39, 0.29) is 5.88 Å². The van der Waals surface area contributed by atoms with Gasteiger partial charge in [0.1, 0.15) is 5.75 Å². The number of nitrogens with zero attached hydrogens (tertiary/aromatic N) is 2. The van der Waals surface area contributed by atoms with Gasteiger partial charge in [0, 0.05) is 12.1 Å². The van der Waals surface area contributed by atoms with Crippen LogP contribution in [-0.4, -0.2) is 24.2 Å². The van der Waals surface area contributed by atoms with E-state index in [1.807, 2.05) is 0 Å². The topological polar surface area (TPSA) is 56.3 Å². The van der Waals surface area contributed by atoms with Crippen molar-refractivity contribution in [2.24, 2.45) is 0 Å². The van der Waals surface area contributed by atoms with Gasteiger partial charge in [0.05, 0.1) is 20.4 Å². The normalized spacial score (nSPS) is 12.9. The summed E-state index contributed by atoms with van der Waals surface area (Å²) in [4.78, 5) is 7.89. The number of fused-ring (bicyclic) bond motifs is 1. The monoisotopic (exact) mass is 303 g/mol. The fourth-order valence-electron chi connectivity index (χ4n) is 2.73. The Hall–Kier alpha value is -2.37. The molecule has 0 aliphatic heterocycles. The van der Waals surface area contributed by atoms with Crippen LogP contribution in [0.1, 0.15) is 23.1 Å². The number of ether oxygens (including phenoxy) is 2. The van der Waals surface area contributed by atoms with Gasteiger partial charge in [-0.3, -0.25) is 0 Å². The molecule has 22 heavy (non-hydrogen) atoms. The standard InChI is InChI=1S/C16H18FN3O2/c1-21-14-7-11-5-3-4-10(11)6-12(14)8-18-16-19-9-13(17)15(20-16)22-2/h6-7,9H,3-5,8H2,1-2H3,(H,18,19,20). The van der Waals surface area contributed by atoms with Gasteiger partial charge in [-0.05, 0) is 36.5 Å². The van der Waals surface area contributed by atoms with Crippen LogP contribution in [0.5, 0.6) is 11.6 Å². The van der Waals surface area contributed by atoms with Crippen LogP contribution >= 0.6 is 0 Å². The highest BCUT2D eigenvalue weighted by Gasteiger charge is 2.15. The van der Waals surface area contributed by atoms with Gasteiger partial charge in [-0.15, -0.1) is 0 Å². The molecule has 1 N–H and O–H groups in total. The second-order valence-corrected chi connectivity index (χ2v) is 5.19. The first-order chi connectivity index (χ1) is 10.7. The molecule has 1 aromatic heterocycles. The van der Waals surface area contributed by atoms with Crippen molar-refractivity contribution < 1.29 is 13.9 Å². The first kappa shape index (κ1) is 14.6. The maximum atomic E-state index is 13.3. The zero-order valence-electron chi connectivity index (χ0n) is 12.6. The predicted molar refractivity (Wildman–Crippen MR) is 80.9 cm³/mol. The predicted octanol–water partition coefficient (Wildman–Crippen LogP) is 2.73. The SMILES string of the molecule is COc1cc2c(cc1CNc1ncc(F)c(OC)n1)CCC2. The zero-order chi connectivity index (χ0) is 15.5. The third-order valence-electron chi connectivity index (χ3n) is 3.84. The molecule has 5 nitrogen and oxygen atoms in total. The van der Waals surface area contributed by atoms with E-state index in [1.165, 1.54) is 24.7 Å². The Morgan fingerprint density at radius 1 is 1.18 bits per heavy atom. The van der Waals surface area contributed by atoms with Crippen molar-refractivity contribution in [2.75, 3.05) is 19.5 Å². The van der Waals surface area contributed by atoms with Gasteiger partial charge in [0.15, 0.2) is 0 Å². The minimum Gasteiger partial charge on any atom is -0.496 e. The summed E-state index contributed by atoms with van der Waals surface area (Å²) in [5, 5.41) is 3.08. The van der Waals surface area contributed by atoms with Crippen molar-refractivity contribution in [3.05, 3.63) is 40.8 Å². The lowest BCUT2D eigenvalue weighted by Crippen LogP contribution is -2.07. The molecule has 1 heterocycles. The maximum Gasteiger partial charge on any atom is 0.255 e. The van der Waals surface area contributed by atoms with Gasteiger partial charge in [-0.25, -0.2) is 4.98 Å². The quantitative estimate of drug-likeness (QED) is 0.920. The highest BCUT2D eigenvalue weighted by atomic mass is 19.1. The molecule has 1 aliphatic carbocycles. The summed E-state index contributed by atoms with van der Waals surface area (Å²) >= 11 is 0. The minimum atomic E-state index is -0.580. The molecule has 1 aliphatic rings. The summed E-state index contributed by atoms with van der Waals surface area (Å²) in [5.74, 6) is 0.518. The molecule has 0 bridgehead atoms. The van der Waals surface area contributed by atoms with Crippen LogP contribution in [0.4, 0.5) is 10.3 Å². The van der Waals surface area contributed by atoms with Crippen molar-refractivity contribution in [1.29, 1.82) is 0 Å². The highest BCUT2D eigenvalue weighted by molar-refractivity contribution is 5.46. The van der Waals surface area contributed by atoms with Crippen LogP contribution in [0.15, 0.2) is 18.3 Å².